The minimum Gasteiger partial charge on any atom is -0.497 e. The second kappa shape index (κ2) is 10.4. The number of esters is 1. The number of ether oxygens (including phenoxy) is 2. The summed E-state index contributed by atoms with van der Waals surface area (Å²) in [4.78, 5) is 52.9. The van der Waals surface area contributed by atoms with Gasteiger partial charge in [-0.3, -0.25) is 19.3 Å². The van der Waals surface area contributed by atoms with Crippen LogP contribution < -0.4 is 10.1 Å². The van der Waals surface area contributed by atoms with Gasteiger partial charge in [0.1, 0.15) is 10.6 Å². The van der Waals surface area contributed by atoms with Crippen molar-refractivity contribution in [2.24, 2.45) is 11.8 Å². The summed E-state index contributed by atoms with van der Waals surface area (Å²) in [6.07, 6.45) is 3.36. The highest BCUT2D eigenvalue weighted by Crippen LogP contribution is 2.38. The van der Waals surface area contributed by atoms with Crippen LogP contribution in [0.15, 0.2) is 30.3 Å². The molecule has 4 rings (SSSR count). The number of thiophene rings is 1. The van der Waals surface area contributed by atoms with Crippen molar-refractivity contribution in [3.63, 3.8) is 0 Å². The number of carbonyl (C=O) groups excluding carboxylic acids is 4. The van der Waals surface area contributed by atoms with Crippen LogP contribution in [0, 0.1) is 11.8 Å². The Labute approximate surface area is 202 Å². The number of rotatable bonds is 8. The van der Waals surface area contributed by atoms with Crippen molar-refractivity contribution in [3.8, 4) is 16.2 Å². The van der Waals surface area contributed by atoms with Gasteiger partial charge in [0.2, 0.25) is 17.7 Å². The van der Waals surface area contributed by atoms with E-state index in [1.165, 1.54) is 16.2 Å². The Bertz CT molecular complexity index is 1070. The number of methoxy groups -OCH3 is 1. The molecule has 1 saturated heterocycles. The summed E-state index contributed by atoms with van der Waals surface area (Å²) < 4.78 is 10.4. The number of hydrogen-bond acceptors (Lipinski definition) is 7. The van der Waals surface area contributed by atoms with E-state index in [4.69, 9.17) is 9.47 Å². The van der Waals surface area contributed by atoms with Crippen molar-refractivity contribution in [2.45, 2.75) is 39.0 Å². The number of hydrogen-bond donors (Lipinski definition) is 1. The van der Waals surface area contributed by atoms with Gasteiger partial charge in [0, 0.05) is 17.8 Å². The third-order valence-corrected chi connectivity index (χ3v) is 7.50. The van der Waals surface area contributed by atoms with Gasteiger partial charge in [0.15, 0.2) is 0 Å². The fourth-order valence-corrected chi connectivity index (χ4v) is 5.62. The maximum atomic E-state index is 12.7. The Hall–Kier alpha value is -3.20. The van der Waals surface area contributed by atoms with Crippen LogP contribution in [-0.2, 0) is 19.1 Å². The Morgan fingerprint density at radius 1 is 1.09 bits per heavy atom. The first-order valence-electron chi connectivity index (χ1n) is 11.5. The fourth-order valence-electron chi connectivity index (χ4n) is 4.61. The molecule has 1 aromatic carbocycles. The molecule has 2 unspecified atom stereocenters. The molecule has 2 aliphatic rings. The summed E-state index contributed by atoms with van der Waals surface area (Å²) >= 11 is 1.23. The first kappa shape index (κ1) is 23.9. The van der Waals surface area contributed by atoms with Crippen LogP contribution in [0.3, 0.4) is 0 Å². The molecular weight excluding hydrogens is 456 g/mol. The van der Waals surface area contributed by atoms with Crippen LogP contribution in [0.5, 0.6) is 5.75 Å². The zero-order valence-electron chi connectivity index (χ0n) is 19.3. The number of imide groups is 1. The maximum absolute atomic E-state index is 12.7. The van der Waals surface area contributed by atoms with E-state index in [1.54, 1.807) is 20.1 Å². The molecule has 2 atom stereocenters. The highest BCUT2D eigenvalue weighted by Gasteiger charge is 2.47. The molecule has 34 heavy (non-hydrogen) atoms. The summed E-state index contributed by atoms with van der Waals surface area (Å²) in [5, 5.41) is 2.78. The SMILES string of the molecule is CCOC(=O)c1sc(-c2ccc(OC)cc2)cc1NC(=O)CCN1C(=O)C2CCCCC2C1=O. The van der Waals surface area contributed by atoms with E-state index in [0.29, 0.717) is 16.3 Å². The average Bonchev–Trinajstić information content (AvgIpc) is 3.37. The molecule has 9 heteroatoms. The number of likely N-dealkylation sites (tertiary alicyclic amines) is 1. The lowest BCUT2D eigenvalue weighted by molar-refractivity contribution is -0.140. The number of carbonyl (C=O) groups is 4. The zero-order valence-corrected chi connectivity index (χ0v) is 20.1. The molecule has 1 saturated carbocycles. The number of fused-ring (bicyclic) bond motifs is 1. The van der Waals surface area contributed by atoms with Gasteiger partial charge >= 0.3 is 5.97 Å². The molecule has 0 spiro atoms. The molecule has 8 nitrogen and oxygen atoms in total. The van der Waals surface area contributed by atoms with Gasteiger partial charge in [-0.05, 0) is 55.7 Å². The van der Waals surface area contributed by atoms with E-state index in [-0.39, 0.29) is 49.1 Å². The molecule has 0 bridgehead atoms. The molecular formula is C25H28N2O6S. The third kappa shape index (κ3) is 4.84. The molecule has 2 fully saturated rings. The van der Waals surface area contributed by atoms with Gasteiger partial charge in [-0.15, -0.1) is 11.3 Å². The quantitative estimate of drug-likeness (QED) is 0.447. The van der Waals surface area contributed by atoms with Crippen LogP contribution in [0.2, 0.25) is 0 Å². The Morgan fingerprint density at radius 3 is 2.32 bits per heavy atom. The molecule has 2 aromatic rings. The molecule has 1 aromatic heterocycles. The Morgan fingerprint density at radius 2 is 1.74 bits per heavy atom. The van der Waals surface area contributed by atoms with E-state index in [2.05, 4.69) is 5.32 Å². The Balaban J connectivity index is 1.46. The molecule has 1 aliphatic heterocycles. The largest absolute Gasteiger partial charge is 0.497 e. The van der Waals surface area contributed by atoms with Crippen molar-refractivity contribution in [1.82, 2.24) is 4.90 Å². The van der Waals surface area contributed by atoms with Crippen molar-refractivity contribution in [2.75, 3.05) is 25.6 Å². The topological polar surface area (TPSA) is 102 Å². The van der Waals surface area contributed by atoms with Gasteiger partial charge in [0.05, 0.1) is 31.2 Å². The standard InChI is InChI=1S/C25H28N2O6S/c1-3-33-25(31)22-19(14-20(34-22)15-8-10-16(32-2)11-9-15)26-21(28)12-13-27-23(29)17-6-4-5-7-18(17)24(27)30/h8-11,14,17-18H,3-7,12-13H2,1-2H3,(H,26,28). The lowest BCUT2D eigenvalue weighted by Gasteiger charge is -2.19. The molecule has 3 amide bonds. The fraction of sp³-hybridized carbons (Fsp3) is 0.440. The van der Waals surface area contributed by atoms with Crippen LogP contribution >= 0.6 is 11.3 Å². The van der Waals surface area contributed by atoms with Gasteiger partial charge in [-0.2, -0.15) is 0 Å². The third-order valence-electron chi connectivity index (χ3n) is 6.34. The van der Waals surface area contributed by atoms with Gasteiger partial charge in [-0.1, -0.05) is 12.8 Å². The van der Waals surface area contributed by atoms with Crippen LogP contribution in [-0.4, -0.2) is 48.9 Å². The molecule has 0 radical (unpaired) electrons. The number of anilines is 1. The summed E-state index contributed by atoms with van der Waals surface area (Å²) in [5.74, 6) is -0.965. The lowest BCUT2D eigenvalue weighted by Crippen LogP contribution is -2.34. The normalized spacial score (nSPS) is 19.6. The van der Waals surface area contributed by atoms with Crippen molar-refractivity contribution < 1.29 is 28.7 Å². The number of nitrogens with one attached hydrogen (secondary N) is 1. The van der Waals surface area contributed by atoms with Gasteiger partial charge in [0.25, 0.3) is 0 Å². The van der Waals surface area contributed by atoms with E-state index in [9.17, 15) is 19.2 Å². The van der Waals surface area contributed by atoms with E-state index in [0.717, 1.165) is 36.1 Å². The maximum Gasteiger partial charge on any atom is 0.350 e. The van der Waals surface area contributed by atoms with Gasteiger partial charge in [-0.25, -0.2) is 4.79 Å². The second-order valence-corrected chi connectivity index (χ2v) is 9.48. The highest BCUT2D eigenvalue weighted by atomic mass is 32.1. The van der Waals surface area contributed by atoms with Crippen LogP contribution in [0.25, 0.3) is 10.4 Å². The number of amides is 3. The monoisotopic (exact) mass is 484 g/mol. The zero-order chi connectivity index (χ0) is 24.2. The molecule has 2 heterocycles. The summed E-state index contributed by atoms with van der Waals surface area (Å²) in [6, 6.07) is 9.11. The number of benzene rings is 1. The minimum absolute atomic E-state index is 0.0348. The summed E-state index contributed by atoms with van der Waals surface area (Å²) in [5.41, 5.74) is 1.22. The molecule has 180 valence electrons. The van der Waals surface area contributed by atoms with Crippen LogP contribution in [0.1, 0.15) is 48.7 Å². The number of nitrogens with zero attached hydrogens (tertiary/aromatic N) is 1. The molecule has 1 aliphatic carbocycles. The van der Waals surface area contributed by atoms with E-state index in [1.807, 2.05) is 24.3 Å². The van der Waals surface area contributed by atoms with E-state index >= 15 is 0 Å². The Kier molecular flexibility index (Phi) is 7.31. The lowest BCUT2D eigenvalue weighted by atomic mass is 9.81. The average molecular weight is 485 g/mol. The molecule has 1 N–H and O–H groups in total. The summed E-state index contributed by atoms with van der Waals surface area (Å²) in [6.45, 7) is 1.97. The van der Waals surface area contributed by atoms with Crippen molar-refractivity contribution in [1.29, 1.82) is 0 Å². The van der Waals surface area contributed by atoms with Crippen LogP contribution in [0.4, 0.5) is 5.69 Å². The van der Waals surface area contributed by atoms with Crippen molar-refractivity contribution >= 4 is 40.7 Å². The predicted octanol–water partition coefficient (Wildman–Crippen LogP) is 4.10. The van der Waals surface area contributed by atoms with Crippen molar-refractivity contribution in [3.05, 3.63) is 35.2 Å². The first-order valence-corrected chi connectivity index (χ1v) is 12.3. The van der Waals surface area contributed by atoms with E-state index < -0.39 is 5.97 Å². The minimum atomic E-state index is -0.517. The predicted molar refractivity (Wildman–Crippen MR) is 128 cm³/mol. The summed E-state index contributed by atoms with van der Waals surface area (Å²) in [7, 11) is 1.59. The van der Waals surface area contributed by atoms with Gasteiger partial charge < -0.3 is 14.8 Å². The highest BCUT2D eigenvalue weighted by molar-refractivity contribution is 7.18. The smallest absolute Gasteiger partial charge is 0.350 e. The first-order chi connectivity index (χ1) is 16.4. The second-order valence-electron chi connectivity index (χ2n) is 8.43.